The second-order valence-electron chi connectivity index (χ2n) is 4.89. The Balaban J connectivity index is 1.86. The Bertz CT molecular complexity index is 575. The molecule has 2 aromatic rings. The Morgan fingerprint density at radius 1 is 1.39 bits per heavy atom. The summed E-state index contributed by atoms with van der Waals surface area (Å²) in [6, 6.07) is 8.22. The van der Waals surface area contributed by atoms with Gasteiger partial charge in [-0.3, -0.25) is 4.79 Å². The number of nitrogens with one attached hydrogen (secondary N) is 2. The first-order valence-electron chi connectivity index (χ1n) is 6.34. The van der Waals surface area contributed by atoms with E-state index in [1.807, 2.05) is 35.4 Å². The maximum absolute atomic E-state index is 12.4. The predicted molar refractivity (Wildman–Crippen MR) is 71.7 cm³/mol. The Morgan fingerprint density at radius 2 is 2.28 bits per heavy atom. The summed E-state index contributed by atoms with van der Waals surface area (Å²) in [6.45, 7) is 4.54. The van der Waals surface area contributed by atoms with E-state index < -0.39 is 0 Å². The normalized spacial score (nSPS) is 20.3. The summed E-state index contributed by atoms with van der Waals surface area (Å²) in [5, 5.41) is 4.48. The number of benzene rings is 1. The molecule has 4 heteroatoms. The number of carbonyl (C=O) groups excluding carboxylic acids is 1. The molecule has 18 heavy (non-hydrogen) atoms. The lowest BCUT2D eigenvalue weighted by atomic mass is 10.1. The van der Waals surface area contributed by atoms with Crippen molar-refractivity contribution in [3.8, 4) is 0 Å². The molecule has 0 bridgehead atoms. The molecule has 1 aliphatic heterocycles. The number of hydrogen-bond acceptors (Lipinski definition) is 2. The van der Waals surface area contributed by atoms with Crippen LogP contribution in [0.1, 0.15) is 17.3 Å². The van der Waals surface area contributed by atoms with Crippen LogP contribution in [0.4, 0.5) is 0 Å². The summed E-state index contributed by atoms with van der Waals surface area (Å²) in [6.07, 6.45) is 1.89. The van der Waals surface area contributed by atoms with Gasteiger partial charge in [-0.05, 0) is 30.5 Å². The van der Waals surface area contributed by atoms with E-state index in [0.29, 0.717) is 6.04 Å². The van der Waals surface area contributed by atoms with Gasteiger partial charge in [0.25, 0.3) is 5.91 Å². The van der Waals surface area contributed by atoms with Gasteiger partial charge >= 0.3 is 0 Å². The van der Waals surface area contributed by atoms with E-state index in [4.69, 9.17) is 0 Å². The molecule has 1 atom stereocenters. The second kappa shape index (κ2) is 4.46. The third-order valence-electron chi connectivity index (χ3n) is 3.46. The molecule has 0 unspecified atom stereocenters. The van der Waals surface area contributed by atoms with E-state index in [-0.39, 0.29) is 5.91 Å². The molecule has 3 rings (SSSR count). The Hall–Kier alpha value is -1.81. The molecular formula is C14H17N3O. The average molecular weight is 243 g/mol. The first kappa shape index (κ1) is 11.3. The highest BCUT2D eigenvalue weighted by Gasteiger charge is 2.21. The minimum Gasteiger partial charge on any atom is -0.361 e. The Kier molecular flexibility index (Phi) is 2.80. The minimum atomic E-state index is 0.125. The van der Waals surface area contributed by atoms with E-state index in [1.165, 1.54) is 0 Å². The lowest BCUT2D eigenvalue weighted by molar-refractivity contribution is 0.0709. The van der Waals surface area contributed by atoms with Crippen LogP contribution in [0.15, 0.2) is 30.5 Å². The van der Waals surface area contributed by atoms with Crippen LogP contribution in [0.3, 0.4) is 0 Å². The Labute approximate surface area is 106 Å². The van der Waals surface area contributed by atoms with Crippen LogP contribution in [0.5, 0.6) is 0 Å². The van der Waals surface area contributed by atoms with Gasteiger partial charge in [-0.1, -0.05) is 6.07 Å². The van der Waals surface area contributed by atoms with E-state index in [9.17, 15) is 4.79 Å². The topological polar surface area (TPSA) is 48.1 Å². The number of H-pyrrole nitrogens is 1. The molecular weight excluding hydrogens is 226 g/mol. The predicted octanol–water partition coefficient (Wildman–Crippen LogP) is 1.60. The highest BCUT2D eigenvalue weighted by molar-refractivity contribution is 5.98. The van der Waals surface area contributed by atoms with Gasteiger partial charge in [0.15, 0.2) is 0 Å². The van der Waals surface area contributed by atoms with Crippen molar-refractivity contribution in [2.24, 2.45) is 0 Å². The van der Waals surface area contributed by atoms with Crippen LogP contribution < -0.4 is 5.32 Å². The number of carbonyl (C=O) groups is 1. The number of aromatic amines is 1. The van der Waals surface area contributed by atoms with E-state index in [2.05, 4.69) is 17.2 Å². The van der Waals surface area contributed by atoms with E-state index in [0.717, 1.165) is 36.1 Å². The van der Waals surface area contributed by atoms with Crippen LogP contribution in [0, 0.1) is 0 Å². The Morgan fingerprint density at radius 3 is 3.11 bits per heavy atom. The van der Waals surface area contributed by atoms with Gasteiger partial charge in [0, 0.05) is 43.0 Å². The largest absolute Gasteiger partial charge is 0.361 e. The van der Waals surface area contributed by atoms with Crippen LogP contribution in [0.2, 0.25) is 0 Å². The average Bonchev–Trinajstić information content (AvgIpc) is 2.85. The zero-order valence-corrected chi connectivity index (χ0v) is 10.4. The van der Waals surface area contributed by atoms with Gasteiger partial charge in [0.2, 0.25) is 0 Å². The fourth-order valence-corrected chi connectivity index (χ4v) is 2.48. The number of piperazine rings is 1. The van der Waals surface area contributed by atoms with Gasteiger partial charge in [0.05, 0.1) is 0 Å². The molecule has 1 saturated heterocycles. The van der Waals surface area contributed by atoms with Crippen molar-refractivity contribution in [3.63, 3.8) is 0 Å². The zero-order chi connectivity index (χ0) is 12.5. The number of hydrogen-bond donors (Lipinski definition) is 2. The molecule has 2 heterocycles. The van der Waals surface area contributed by atoms with Crippen LogP contribution in [0.25, 0.3) is 10.9 Å². The lowest BCUT2D eigenvalue weighted by Crippen LogP contribution is -2.51. The molecule has 1 aromatic carbocycles. The number of amides is 1. The first-order valence-corrected chi connectivity index (χ1v) is 6.34. The van der Waals surface area contributed by atoms with Crippen molar-refractivity contribution in [1.29, 1.82) is 0 Å². The quantitative estimate of drug-likeness (QED) is 0.799. The molecule has 0 aliphatic carbocycles. The van der Waals surface area contributed by atoms with Gasteiger partial charge in [0.1, 0.15) is 0 Å². The van der Waals surface area contributed by atoms with Crippen molar-refractivity contribution in [2.75, 3.05) is 19.6 Å². The molecule has 4 nitrogen and oxygen atoms in total. The highest BCUT2D eigenvalue weighted by Crippen LogP contribution is 2.16. The van der Waals surface area contributed by atoms with Crippen molar-refractivity contribution in [1.82, 2.24) is 15.2 Å². The molecule has 0 radical (unpaired) electrons. The molecule has 1 amide bonds. The first-order chi connectivity index (χ1) is 8.74. The number of fused-ring (bicyclic) bond motifs is 1. The molecule has 1 aliphatic rings. The number of nitrogens with zero attached hydrogens (tertiary/aromatic N) is 1. The molecule has 1 aromatic heterocycles. The lowest BCUT2D eigenvalue weighted by Gasteiger charge is -2.32. The second-order valence-corrected chi connectivity index (χ2v) is 4.89. The fraction of sp³-hybridized carbons (Fsp3) is 0.357. The smallest absolute Gasteiger partial charge is 0.254 e. The standard InChI is InChI=1S/C14H17N3O/c1-10-9-17(7-6-15-10)14(18)12-3-2-11-4-5-16-13(11)8-12/h2-5,8,10,15-16H,6-7,9H2,1H3/t10-/m1/s1. The highest BCUT2D eigenvalue weighted by atomic mass is 16.2. The zero-order valence-electron chi connectivity index (χ0n) is 10.4. The summed E-state index contributed by atoms with van der Waals surface area (Å²) in [7, 11) is 0. The summed E-state index contributed by atoms with van der Waals surface area (Å²) < 4.78 is 0. The summed E-state index contributed by atoms with van der Waals surface area (Å²) in [5.74, 6) is 0.125. The maximum Gasteiger partial charge on any atom is 0.254 e. The van der Waals surface area contributed by atoms with Crippen LogP contribution >= 0.6 is 0 Å². The monoisotopic (exact) mass is 243 g/mol. The number of aromatic nitrogens is 1. The molecule has 0 saturated carbocycles. The van der Waals surface area contributed by atoms with Gasteiger partial charge < -0.3 is 15.2 Å². The van der Waals surface area contributed by atoms with Crippen molar-refractivity contribution < 1.29 is 4.79 Å². The van der Waals surface area contributed by atoms with E-state index in [1.54, 1.807) is 0 Å². The summed E-state index contributed by atoms with van der Waals surface area (Å²) >= 11 is 0. The van der Waals surface area contributed by atoms with Crippen LogP contribution in [-0.2, 0) is 0 Å². The SMILES string of the molecule is C[C@@H]1CN(C(=O)c2ccc3cc[nH]c3c2)CCN1. The van der Waals surface area contributed by atoms with Crippen molar-refractivity contribution >= 4 is 16.8 Å². The minimum absolute atomic E-state index is 0.125. The number of rotatable bonds is 1. The summed E-state index contributed by atoms with van der Waals surface area (Å²) in [5.41, 5.74) is 1.78. The van der Waals surface area contributed by atoms with Gasteiger partial charge in [-0.15, -0.1) is 0 Å². The van der Waals surface area contributed by atoms with Crippen molar-refractivity contribution in [2.45, 2.75) is 13.0 Å². The molecule has 2 N–H and O–H groups in total. The molecule has 1 fully saturated rings. The van der Waals surface area contributed by atoms with E-state index >= 15 is 0 Å². The van der Waals surface area contributed by atoms with Crippen molar-refractivity contribution in [3.05, 3.63) is 36.0 Å². The molecule has 0 spiro atoms. The van der Waals surface area contributed by atoms with Gasteiger partial charge in [-0.2, -0.15) is 0 Å². The third-order valence-corrected chi connectivity index (χ3v) is 3.46. The third kappa shape index (κ3) is 1.99. The fourth-order valence-electron chi connectivity index (χ4n) is 2.48. The summed E-state index contributed by atoms with van der Waals surface area (Å²) in [4.78, 5) is 17.5. The molecule has 94 valence electrons. The van der Waals surface area contributed by atoms with Gasteiger partial charge in [-0.25, -0.2) is 0 Å². The van der Waals surface area contributed by atoms with Crippen LogP contribution in [-0.4, -0.2) is 41.5 Å². The maximum atomic E-state index is 12.4.